The zero-order chi connectivity index (χ0) is 29.0. The summed E-state index contributed by atoms with van der Waals surface area (Å²) in [7, 11) is 0. The molecule has 7 nitrogen and oxygen atoms in total. The fourth-order valence-electron chi connectivity index (χ4n) is 3.72. The lowest BCUT2D eigenvalue weighted by molar-refractivity contribution is -0.114. The van der Waals surface area contributed by atoms with Crippen LogP contribution in [0, 0.1) is 5.82 Å². The average Bonchev–Trinajstić information content (AvgIpc) is 2.99. The van der Waals surface area contributed by atoms with Crippen LogP contribution in [0.2, 0.25) is 0 Å². The Balaban J connectivity index is 1.44. The van der Waals surface area contributed by atoms with E-state index in [1.54, 1.807) is 84.9 Å². The van der Waals surface area contributed by atoms with Gasteiger partial charge in [0.2, 0.25) is 5.91 Å². The molecule has 0 radical (unpaired) electrons. The number of hydrogen-bond acceptors (Lipinski definition) is 5. The Morgan fingerprint density at radius 1 is 0.829 bits per heavy atom. The molecule has 208 valence electrons. The van der Waals surface area contributed by atoms with Crippen LogP contribution < -0.4 is 20.7 Å². The van der Waals surface area contributed by atoms with Gasteiger partial charge in [0.25, 0.3) is 11.8 Å². The Morgan fingerprint density at radius 3 is 2.24 bits per heavy atom. The van der Waals surface area contributed by atoms with Crippen molar-refractivity contribution < 1.29 is 23.5 Å². The number of benzene rings is 4. The molecule has 0 bridgehead atoms. The van der Waals surface area contributed by atoms with Crippen LogP contribution in [-0.2, 0) is 9.59 Å². The van der Waals surface area contributed by atoms with Gasteiger partial charge in [0, 0.05) is 21.7 Å². The van der Waals surface area contributed by atoms with Gasteiger partial charge in [-0.1, -0.05) is 48.5 Å². The van der Waals surface area contributed by atoms with Crippen molar-refractivity contribution in [3.05, 3.63) is 126 Å². The van der Waals surface area contributed by atoms with Crippen molar-refractivity contribution in [2.45, 2.75) is 11.8 Å². The molecule has 9 heteroatoms. The minimum atomic E-state index is -0.523. The van der Waals surface area contributed by atoms with Crippen molar-refractivity contribution in [3.8, 4) is 5.75 Å². The van der Waals surface area contributed by atoms with Crippen molar-refractivity contribution in [1.29, 1.82) is 0 Å². The van der Waals surface area contributed by atoms with E-state index < -0.39 is 17.6 Å². The van der Waals surface area contributed by atoms with Gasteiger partial charge in [-0.05, 0) is 67.6 Å². The highest BCUT2D eigenvalue weighted by atomic mass is 32.2. The molecular formula is C32H28FN3O4S. The first-order valence-electron chi connectivity index (χ1n) is 12.8. The van der Waals surface area contributed by atoms with Crippen LogP contribution in [0.15, 0.2) is 114 Å². The summed E-state index contributed by atoms with van der Waals surface area (Å²) in [6.45, 7) is 2.31. The van der Waals surface area contributed by atoms with Crippen LogP contribution in [0.4, 0.5) is 15.8 Å². The SMILES string of the molecule is CCOc1ccccc1/C=C(\NC(=O)c1ccccc1)C(=O)Nc1ccc(SCC(=O)Nc2ccccc2F)cc1. The molecule has 41 heavy (non-hydrogen) atoms. The summed E-state index contributed by atoms with van der Waals surface area (Å²) in [4.78, 5) is 39.2. The predicted molar refractivity (Wildman–Crippen MR) is 160 cm³/mol. The summed E-state index contributed by atoms with van der Waals surface area (Å²) >= 11 is 1.27. The molecule has 0 saturated heterocycles. The van der Waals surface area contributed by atoms with Gasteiger partial charge >= 0.3 is 0 Å². The summed E-state index contributed by atoms with van der Waals surface area (Å²) < 4.78 is 19.4. The molecule has 0 aromatic heterocycles. The van der Waals surface area contributed by atoms with Crippen LogP contribution >= 0.6 is 11.8 Å². The van der Waals surface area contributed by atoms with Crippen LogP contribution in [0.5, 0.6) is 5.75 Å². The Kier molecular flexibility index (Phi) is 10.3. The van der Waals surface area contributed by atoms with E-state index in [1.165, 1.54) is 23.9 Å². The Labute approximate surface area is 241 Å². The van der Waals surface area contributed by atoms with Gasteiger partial charge in [-0.2, -0.15) is 0 Å². The molecule has 0 atom stereocenters. The Bertz CT molecular complexity index is 1540. The third-order valence-electron chi connectivity index (χ3n) is 5.68. The number of carbonyl (C=O) groups is 3. The largest absolute Gasteiger partial charge is 0.493 e. The molecule has 4 aromatic rings. The van der Waals surface area contributed by atoms with Crippen LogP contribution in [-0.4, -0.2) is 30.1 Å². The van der Waals surface area contributed by atoms with Crippen LogP contribution in [0.25, 0.3) is 6.08 Å². The van der Waals surface area contributed by atoms with Crippen molar-refractivity contribution in [3.63, 3.8) is 0 Å². The first kappa shape index (κ1) is 29.1. The molecule has 3 amide bonds. The number of para-hydroxylation sites is 2. The van der Waals surface area contributed by atoms with E-state index in [-0.39, 0.29) is 23.0 Å². The predicted octanol–water partition coefficient (Wildman–Crippen LogP) is 6.36. The van der Waals surface area contributed by atoms with Gasteiger partial charge in [0.1, 0.15) is 17.3 Å². The quantitative estimate of drug-likeness (QED) is 0.144. The number of anilines is 2. The number of ether oxygens (including phenoxy) is 1. The fraction of sp³-hybridized carbons (Fsp3) is 0.0938. The van der Waals surface area contributed by atoms with Gasteiger partial charge in [0.15, 0.2) is 0 Å². The minimum Gasteiger partial charge on any atom is -0.493 e. The standard InChI is InChI=1S/C32H28FN3O4S/c1-2-40-29-15-9-6-12-23(29)20-28(36-31(38)22-10-4-3-5-11-22)32(39)34-24-16-18-25(19-17-24)41-21-30(37)35-27-14-8-7-13-26(27)33/h3-20H,2,21H2,1H3,(H,34,39)(H,35,37)(H,36,38)/b28-20-. The van der Waals surface area contributed by atoms with Gasteiger partial charge in [0.05, 0.1) is 18.0 Å². The molecule has 0 aliphatic rings. The van der Waals surface area contributed by atoms with Gasteiger partial charge in [-0.25, -0.2) is 4.39 Å². The second-order valence-corrected chi connectivity index (χ2v) is 9.69. The first-order chi connectivity index (χ1) is 19.9. The molecule has 0 unspecified atom stereocenters. The first-order valence-corrected chi connectivity index (χ1v) is 13.8. The maximum absolute atomic E-state index is 13.8. The maximum atomic E-state index is 13.8. The number of nitrogens with one attached hydrogen (secondary N) is 3. The van der Waals surface area contributed by atoms with Crippen LogP contribution in [0.1, 0.15) is 22.8 Å². The number of hydrogen-bond donors (Lipinski definition) is 3. The number of carbonyl (C=O) groups excluding carboxylic acids is 3. The molecule has 3 N–H and O–H groups in total. The molecule has 4 aromatic carbocycles. The van der Waals surface area contributed by atoms with Crippen molar-refractivity contribution >= 4 is 46.9 Å². The molecular weight excluding hydrogens is 541 g/mol. The maximum Gasteiger partial charge on any atom is 0.272 e. The molecule has 0 fully saturated rings. The van der Waals surface area contributed by atoms with E-state index >= 15 is 0 Å². The normalized spacial score (nSPS) is 10.9. The third-order valence-corrected chi connectivity index (χ3v) is 6.69. The molecule has 0 aliphatic carbocycles. The lowest BCUT2D eigenvalue weighted by atomic mass is 10.1. The summed E-state index contributed by atoms with van der Waals surface area (Å²) in [6, 6.07) is 28.7. The topological polar surface area (TPSA) is 96.5 Å². The van der Waals surface area contributed by atoms with Crippen LogP contribution in [0.3, 0.4) is 0 Å². The monoisotopic (exact) mass is 569 g/mol. The Hall–Kier alpha value is -4.89. The lowest BCUT2D eigenvalue weighted by Gasteiger charge is -2.13. The third kappa shape index (κ3) is 8.55. The highest BCUT2D eigenvalue weighted by Gasteiger charge is 2.16. The summed E-state index contributed by atoms with van der Waals surface area (Å²) in [5, 5.41) is 8.08. The van der Waals surface area contributed by atoms with E-state index in [0.29, 0.717) is 29.2 Å². The van der Waals surface area contributed by atoms with E-state index in [1.807, 2.05) is 19.1 Å². The van der Waals surface area contributed by atoms with E-state index in [4.69, 9.17) is 4.74 Å². The average molecular weight is 570 g/mol. The molecule has 0 saturated carbocycles. The number of thioether (sulfide) groups is 1. The van der Waals surface area contributed by atoms with Gasteiger partial charge < -0.3 is 20.7 Å². The molecule has 0 spiro atoms. The lowest BCUT2D eigenvalue weighted by Crippen LogP contribution is -2.30. The van der Waals surface area contributed by atoms with Gasteiger partial charge in [-0.3, -0.25) is 14.4 Å². The highest BCUT2D eigenvalue weighted by molar-refractivity contribution is 8.00. The number of amides is 3. The van der Waals surface area contributed by atoms with E-state index in [0.717, 1.165) is 4.90 Å². The fourth-order valence-corrected chi connectivity index (χ4v) is 4.41. The zero-order valence-electron chi connectivity index (χ0n) is 22.2. The second-order valence-electron chi connectivity index (χ2n) is 8.64. The number of halogens is 1. The van der Waals surface area contributed by atoms with E-state index in [9.17, 15) is 18.8 Å². The highest BCUT2D eigenvalue weighted by Crippen LogP contribution is 2.23. The molecule has 0 heterocycles. The van der Waals surface area contributed by atoms with Crippen molar-refractivity contribution in [2.75, 3.05) is 23.0 Å². The minimum absolute atomic E-state index is 0.0364. The molecule has 4 rings (SSSR count). The van der Waals surface area contributed by atoms with Gasteiger partial charge in [-0.15, -0.1) is 11.8 Å². The summed E-state index contributed by atoms with van der Waals surface area (Å²) in [5.41, 5.74) is 1.70. The summed E-state index contributed by atoms with van der Waals surface area (Å²) in [5.74, 6) is -1.13. The van der Waals surface area contributed by atoms with Crippen molar-refractivity contribution in [2.24, 2.45) is 0 Å². The second kappa shape index (κ2) is 14.5. The smallest absolute Gasteiger partial charge is 0.272 e. The number of rotatable bonds is 11. The zero-order valence-corrected chi connectivity index (χ0v) is 23.0. The molecule has 0 aliphatic heterocycles. The summed E-state index contributed by atoms with van der Waals surface area (Å²) in [6.07, 6.45) is 1.57. The Morgan fingerprint density at radius 2 is 1.51 bits per heavy atom. The van der Waals surface area contributed by atoms with E-state index in [2.05, 4.69) is 16.0 Å². The van der Waals surface area contributed by atoms with Crippen molar-refractivity contribution in [1.82, 2.24) is 5.32 Å².